The second-order valence-electron chi connectivity index (χ2n) is 4.16. The summed E-state index contributed by atoms with van der Waals surface area (Å²) in [6.07, 6.45) is 6.89. The van der Waals surface area contributed by atoms with Crippen LogP contribution < -0.4 is 5.32 Å². The fraction of sp³-hybridized carbons (Fsp3) is 0.615. The zero-order chi connectivity index (χ0) is 12.6. The van der Waals surface area contributed by atoms with Crippen LogP contribution in [0.5, 0.6) is 0 Å². The summed E-state index contributed by atoms with van der Waals surface area (Å²) >= 11 is 0. The molecular weight excluding hydrogens is 235 g/mol. The lowest BCUT2D eigenvalue weighted by atomic mass is 10.1. The number of nitrogens with one attached hydrogen (secondary N) is 1. The van der Waals surface area contributed by atoms with Gasteiger partial charge in [0.1, 0.15) is 18.1 Å². The van der Waals surface area contributed by atoms with Crippen LogP contribution in [0.15, 0.2) is 10.5 Å². The first kappa shape index (κ1) is 13.2. The maximum atomic E-state index is 11.7. The van der Waals surface area contributed by atoms with Gasteiger partial charge >= 0.3 is 0 Å². The summed E-state index contributed by atoms with van der Waals surface area (Å²) in [5.41, 5.74) is 0.975. The first-order valence-electron chi connectivity index (χ1n) is 6.39. The summed E-state index contributed by atoms with van der Waals surface area (Å²) in [6.45, 7) is 1.81. The predicted molar refractivity (Wildman–Crippen MR) is 67.2 cm³/mol. The molecule has 0 radical (unpaired) electrons. The summed E-state index contributed by atoms with van der Waals surface area (Å²) in [5.74, 6) is 1.78. The maximum Gasteiger partial charge on any atom is 0.196 e. The third-order valence-electron chi connectivity index (χ3n) is 2.75. The van der Waals surface area contributed by atoms with E-state index in [0.29, 0.717) is 6.61 Å². The van der Waals surface area contributed by atoms with Gasteiger partial charge in [-0.15, -0.1) is 0 Å². The molecule has 1 aromatic heterocycles. The number of aryl methyl sites for hydroxylation is 1. The number of ether oxygens (including phenoxy) is 1. The highest BCUT2D eigenvalue weighted by Gasteiger charge is 2.12. The molecule has 0 unspecified atom stereocenters. The molecule has 0 saturated heterocycles. The van der Waals surface area contributed by atoms with Gasteiger partial charge < -0.3 is 14.5 Å². The molecule has 0 fully saturated rings. The molecule has 18 heavy (non-hydrogen) atoms. The van der Waals surface area contributed by atoms with Crippen molar-refractivity contribution in [3.8, 4) is 0 Å². The van der Waals surface area contributed by atoms with Crippen molar-refractivity contribution in [1.82, 2.24) is 10.3 Å². The van der Waals surface area contributed by atoms with Gasteiger partial charge in [0.25, 0.3) is 0 Å². The highest BCUT2D eigenvalue weighted by molar-refractivity contribution is 5.49. The van der Waals surface area contributed by atoms with E-state index in [2.05, 4.69) is 16.4 Å². The van der Waals surface area contributed by atoms with E-state index in [4.69, 9.17) is 9.15 Å². The first-order valence-corrected chi connectivity index (χ1v) is 6.39. The van der Waals surface area contributed by atoms with E-state index in [-0.39, 0.29) is 6.61 Å². The molecule has 1 aromatic rings. The number of rotatable bonds is 8. The number of hydrogen-bond donors (Lipinski definition) is 1. The van der Waals surface area contributed by atoms with Gasteiger partial charge in [-0.25, -0.2) is 9.37 Å². The smallest absolute Gasteiger partial charge is 0.196 e. The third kappa shape index (κ3) is 3.92. The summed E-state index contributed by atoms with van der Waals surface area (Å²) in [6, 6.07) is 0. The van der Waals surface area contributed by atoms with E-state index in [1.54, 1.807) is 0 Å². The Morgan fingerprint density at radius 2 is 2.33 bits per heavy atom. The topological polar surface area (TPSA) is 47.3 Å². The first-order chi connectivity index (χ1) is 8.90. The molecule has 1 aliphatic carbocycles. The quantitative estimate of drug-likeness (QED) is 0.718. The summed E-state index contributed by atoms with van der Waals surface area (Å²) < 4.78 is 22.4. The SMILES string of the molecule is FCCOCCNCCc1nc2c(o1)CCC=C2. The average Bonchev–Trinajstić information content (AvgIpc) is 2.80. The van der Waals surface area contributed by atoms with Crippen LogP contribution in [0.3, 0.4) is 0 Å². The average molecular weight is 254 g/mol. The zero-order valence-corrected chi connectivity index (χ0v) is 10.5. The van der Waals surface area contributed by atoms with Crippen LogP contribution >= 0.6 is 0 Å². The highest BCUT2D eigenvalue weighted by atomic mass is 19.1. The molecule has 0 amide bonds. The molecule has 1 N–H and O–H groups in total. The second-order valence-corrected chi connectivity index (χ2v) is 4.16. The number of allylic oxidation sites excluding steroid dienone is 1. The molecule has 1 heterocycles. The molecule has 0 saturated carbocycles. The van der Waals surface area contributed by atoms with Gasteiger partial charge in [-0.1, -0.05) is 6.08 Å². The van der Waals surface area contributed by atoms with Crippen LogP contribution in [0.2, 0.25) is 0 Å². The molecule has 4 nitrogen and oxygen atoms in total. The standard InChI is InChI=1S/C13H19FN2O2/c14-6-9-17-10-8-15-7-5-13-16-11-3-1-2-4-12(11)18-13/h1,3,15H,2,4-10H2. The van der Waals surface area contributed by atoms with E-state index in [9.17, 15) is 4.39 Å². The van der Waals surface area contributed by atoms with Crippen molar-refractivity contribution < 1.29 is 13.5 Å². The van der Waals surface area contributed by atoms with Gasteiger partial charge in [-0.3, -0.25) is 0 Å². The molecule has 1 aliphatic rings. The van der Waals surface area contributed by atoms with E-state index in [0.717, 1.165) is 49.7 Å². The van der Waals surface area contributed by atoms with Gasteiger partial charge in [0, 0.05) is 25.9 Å². The van der Waals surface area contributed by atoms with Crippen molar-refractivity contribution >= 4 is 6.08 Å². The van der Waals surface area contributed by atoms with Gasteiger partial charge in [-0.2, -0.15) is 0 Å². The monoisotopic (exact) mass is 254 g/mol. The summed E-state index contributed by atoms with van der Waals surface area (Å²) in [7, 11) is 0. The molecule has 0 aliphatic heterocycles. The van der Waals surface area contributed by atoms with Crippen LogP contribution in [0.25, 0.3) is 6.08 Å². The van der Waals surface area contributed by atoms with Crippen LogP contribution in [0, 0.1) is 0 Å². The van der Waals surface area contributed by atoms with Gasteiger partial charge in [0.2, 0.25) is 0 Å². The van der Waals surface area contributed by atoms with Crippen LogP contribution in [0.4, 0.5) is 4.39 Å². The Bertz CT molecular complexity index is 390. The lowest BCUT2D eigenvalue weighted by molar-refractivity contribution is 0.121. The molecule has 5 heteroatoms. The highest BCUT2D eigenvalue weighted by Crippen LogP contribution is 2.19. The molecular formula is C13H19FN2O2. The van der Waals surface area contributed by atoms with E-state index in [1.165, 1.54) is 0 Å². The van der Waals surface area contributed by atoms with Crippen molar-refractivity contribution in [3.05, 3.63) is 23.4 Å². The zero-order valence-electron chi connectivity index (χ0n) is 10.5. The number of halogens is 1. The molecule has 0 atom stereocenters. The van der Waals surface area contributed by atoms with Crippen molar-refractivity contribution in [2.75, 3.05) is 33.0 Å². The summed E-state index contributed by atoms with van der Waals surface area (Å²) in [5, 5.41) is 3.21. The van der Waals surface area contributed by atoms with Crippen LogP contribution in [-0.4, -0.2) is 38.0 Å². The number of aromatic nitrogens is 1. The fourth-order valence-corrected chi connectivity index (χ4v) is 1.86. The number of oxazole rings is 1. The van der Waals surface area contributed by atoms with E-state index in [1.807, 2.05) is 6.08 Å². The van der Waals surface area contributed by atoms with Crippen molar-refractivity contribution in [3.63, 3.8) is 0 Å². The normalized spacial score (nSPS) is 13.8. The molecule has 2 rings (SSSR count). The Labute approximate surface area is 106 Å². The van der Waals surface area contributed by atoms with E-state index < -0.39 is 6.67 Å². The minimum atomic E-state index is -0.421. The van der Waals surface area contributed by atoms with Crippen molar-refractivity contribution in [2.45, 2.75) is 19.3 Å². The molecule has 100 valence electrons. The molecule has 0 bridgehead atoms. The van der Waals surface area contributed by atoms with E-state index >= 15 is 0 Å². The second kappa shape index (κ2) is 7.28. The maximum absolute atomic E-state index is 11.7. The molecule has 0 spiro atoms. The van der Waals surface area contributed by atoms with Crippen molar-refractivity contribution in [2.24, 2.45) is 0 Å². The minimum absolute atomic E-state index is 0.181. The van der Waals surface area contributed by atoms with Gasteiger partial charge in [0.15, 0.2) is 5.89 Å². The van der Waals surface area contributed by atoms with Crippen LogP contribution in [0.1, 0.15) is 23.8 Å². The Morgan fingerprint density at radius 3 is 3.17 bits per heavy atom. The Balaban J connectivity index is 1.62. The third-order valence-corrected chi connectivity index (χ3v) is 2.75. The Kier molecular flexibility index (Phi) is 5.36. The lowest BCUT2D eigenvalue weighted by Gasteiger charge is -2.03. The predicted octanol–water partition coefficient (Wildman–Crippen LogP) is 1.75. The minimum Gasteiger partial charge on any atom is -0.445 e. The van der Waals surface area contributed by atoms with Gasteiger partial charge in [0.05, 0.1) is 13.2 Å². The number of alkyl halides is 1. The number of fused-ring (bicyclic) bond motifs is 1. The van der Waals surface area contributed by atoms with Crippen molar-refractivity contribution in [1.29, 1.82) is 0 Å². The number of nitrogens with zero attached hydrogens (tertiary/aromatic N) is 1. The molecule has 0 aromatic carbocycles. The number of hydrogen-bond acceptors (Lipinski definition) is 4. The Hall–Kier alpha value is -1.20. The largest absolute Gasteiger partial charge is 0.445 e. The summed E-state index contributed by atoms with van der Waals surface area (Å²) in [4.78, 5) is 4.42. The van der Waals surface area contributed by atoms with Gasteiger partial charge in [-0.05, 0) is 12.5 Å². The lowest BCUT2D eigenvalue weighted by Crippen LogP contribution is -2.22. The van der Waals surface area contributed by atoms with Crippen LogP contribution in [-0.2, 0) is 17.6 Å². The Morgan fingerprint density at radius 1 is 1.39 bits per heavy atom. The fourth-order valence-electron chi connectivity index (χ4n) is 1.86.